The smallest absolute Gasteiger partial charge is 0.326 e. The molecule has 4 heteroatoms. The van der Waals surface area contributed by atoms with Crippen LogP contribution in [0.25, 0.3) is 0 Å². The third-order valence-electron chi connectivity index (χ3n) is 3.99. The Morgan fingerprint density at radius 2 is 1.94 bits per heavy atom. The third kappa shape index (κ3) is 1.81. The molecule has 0 aromatic rings. The first kappa shape index (κ1) is 11.4. The Morgan fingerprint density at radius 3 is 2.44 bits per heavy atom. The molecule has 1 aliphatic carbocycles. The summed E-state index contributed by atoms with van der Waals surface area (Å²) in [7, 11) is 0. The van der Waals surface area contributed by atoms with Crippen molar-refractivity contribution in [2.75, 3.05) is 0 Å². The van der Waals surface area contributed by atoms with Gasteiger partial charge in [-0.15, -0.1) is 0 Å². The molecule has 1 spiro atoms. The Morgan fingerprint density at radius 1 is 1.38 bits per heavy atom. The molecule has 1 saturated heterocycles. The average molecular weight is 225 g/mol. The Labute approximate surface area is 95.4 Å². The van der Waals surface area contributed by atoms with Gasteiger partial charge in [0.25, 0.3) is 0 Å². The lowest BCUT2D eigenvalue weighted by Crippen LogP contribution is -2.47. The molecule has 3 atom stereocenters. The van der Waals surface area contributed by atoms with Crippen LogP contribution in [0.1, 0.15) is 39.5 Å². The van der Waals surface area contributed by atoms with Crippen LogP contribution in [0.2, 0.25) is 0 Å². The van der Waals surface area contributed by atoms with E-state index in [1.54, 1.807) is 0 Å². The molecular formula is C12H19NO3. The van der Waals surface area contributed by atoms with E-state index in [9.17, 15) is 14.7 Å². The summed E-state index contributed by atoms with van der Waals surface area (Å²) < 4.78 is 0. The molecular weight excluding hydrogens is 206 g/mol. The largest absolute Gasteiger partial charge is 0.480 e. The molecule has 0 aromatic carbocycles. The highest BCUT2D eigenvalue weighted by Gasteiger charge is 2.53. The van der Waals surface area contributed by atoms with E-state index in [4.69, 9.17) is 0 Å². The predicted molar refractivity (Wildman–Crippen MR) is 58.8 cm³/mol. The number of carbonyl (C=O) groups is 2. The molecule has 2 aliphatic rings. The van der Waals surface area contributed by atoms with Gasteiger partial charge >= 0.3 is 5.97 Å². The van der Waals surface area contributed by atoms with Gasteiger partial charge in [-0.3, -0.25) is 4.79 Å². The van der Waals surface area contributed by atoms with Gasteiger partial charge in [-0.25, -0.2) is 4.79 Å². The van der Waals surface area contributed by atoms with E-state index in [2.05, 4.69) is 19.2 Å². The van der Waals surface area contributed by atoms with Crippen LogP contribution in [0.4, 0.5) is 0 Å². The van der Waals surface area contributed by atoms with Crippen LogP contribution in [0.5, 0.6) is 0 Å². The van der Waals surface area contributed by atoms with Crippen molar-refractivity contribution < 1.29 is 14.7 Å². The van der Waals surface area contributed by atoms with Crippen LogP contribution in [0, 0.1) is 17.3 Å². The van der Waals surface area contributed by atoms with Crippen LogP contribution in [-0.2, 0) is 9.59 Å². The first-order chi connectivity index (χ1) is 7.43. The Bertz CT molecular complexity index is 316. The monoisotopic (exact) mass is 225 g/mol. The summed E-state index contributed by atoms with van der Waals surface area (Å²) in [6, 6.07) is -0.676. The summed E-state index contributed by atoms with van der Waals surface area (Å²) in [6.07, 6.45) is 3.24. The molecule has 4 nitrogen and oxygen atoms in total. The second-order valence-corrected chi connectivity index (χ2v) is 5.73. The molecule has 2 N–H and O–H groups in total. The van der Waals surface area contributed by atoms with Gasteiger partial charge in [0, 0.05) is 11.8 Å². The number of amides is 1. The van der Waals surface area contributed by atoms with Gasteiger partial charge < -0.3 is 10.4 Å². The van der Waals surface area contributed by atoms with Crippen molar-refractivity contribution in [3.63, 3.8) is 0 Å². The topological polar surface area (TPSA) is 66.4 Å². The zero-order chi connectivity index (χ0) is 11.9. The molecule has 1 heterocycles. The molecule has 0 aromatic heterocycles. The molecule has 1 aliphatic heterocycles. The minimum Gasteiger partial charge on any atom is -0.480 e. The van der Waals surface area contributed by atoms with E-state index in [1.165, 1.54) is 0 Å². The number of carbonyl (C=O) groups excluding carboxylic acids is 1. The number of aliphatic carboxylic acids is 1. The summed E-state index contributed by atoms with van der Waals surface area (Å²) in [4.78, 5) is 22.7. The van der Waals surface area contributed by atoms with Crippen molar-refractivity contribution in [3.05, 3.63) is 0 Å². The van der Waals surface area contributed by atoms with Crippen LogP contribution in [0.15, 0.2) is 0 Å². The number of nitrogens with one attached hydrogen (secondary N) is 1. The van der Waals surface area contributed by atoms with E-state index in [-0.39, 0.29) is 11.3 Å². The number of rotatable bonds is 1. The van der Waals surface area contributed by atoms with Crippen molar-refractivity contribution in [3.8, 4) is 0 Å². The van der Waals surface area contributed by atoms with Gasteiger partial charge in [-0.1, -0.05) is 13.8 Å². The fraction of sp³-hybridized carbons (Fsp3) is 0.833. The van der Waals surface area contributed by atoms with Gasteiger partial charge in [0.2, 0.25) is 5.91 Å². The predicted octanol–water partition coefficient (Wildman–Crippen LogP) is 1.40. The van der Waals surface area contributed by atoms with Crippen molar-refractivity contribution in [2.45, 2.75) is 45.6 Å². The standard InChI is InChI=1S/C12H19NO3/c1-7-3-8(2)5-12(4-7)6-9(14)13-10(12)11(15)16/h7-8,10H,3-6H2,1-2H3,(H,13,14)(H,15,16). The average Bonchev–Trinajstić information content (AvgIpc) is 2.39. The lowest BCUT2D eigenvalue weighted by atomic mass is 9.62. The molecule has 90 valence electrons. The van der Waals surface area contributed by atoms with Gasteiger partial charge in [-0.2, -0.15) is 0 Å². The molecule has 0 radical (unpaired) electrons. The number of carboxylic acids is 1. The Kier molecular flexibility index (Phi) is 2.68. The van der Waals surface area contributed by atoms with Crippen molar-refractivity contribution in [2.24, 2.45) is 17.3 Å². The summed E-state index contributed by atoms with van der Waals surface area (Å²) in [6.45, 7) is 4.30. The van der Waals surface area contributed by atoms with Crippen LogP contribution in [-0.4, -0.2) is 23.0 Å². The zero-order valence-electron chi connectivity index (χ0n) is 9.82. The molecule has 1 amide bonds. The molecule has 2 rings (SSSR count). The normalized spacial score (nSPS) is 43.4. The van der Waals surface area contributed by atoms with Gasteiger partial charge in [0.05, 0.1) is 0 Å². The van der Waals surface area contributed by atoms with E-state index in [0.717, 1.165) is 19.3 Å². The van der Waals surface area contributed by atoms with Crippen molar-refractivity contribution in [1.82, 2.24) is 5.32 Å². The number of carboxylic acid groups (broad SMARTS) is 1. The molecule has 2 fully saturated rings. The minimum atomic E-state index is -0.882. The minimum absolute atomic E-state index is 0.103. The Balaban J connectivity index is 2.27. The molecule has 16 heavy (non-hydrogen) atoms. The highest BCUT2D eigenvalue weighted by atomic mass is 16.4. The first-order valence-electron chi connectivity index (χ1n) is 5.95. The van der Waals surface area contributed by atoms with Crippen molar-refractivity contribution in [1.29, 1.82) is 0 Å². The molecule has 3 unspecified atom stereocenters. The SMILES string of the molecule is CC1CC(C)CC2(CC(=O)NC2C(=O)O)C1. The number of hydrogen-bond donors (Lipinski definition) is 2. The van der Waals surface area contributed by atoms with Gasteiger partial charge in [0.1, 0.15) is 6.04 Å². The lowest BCUT2D eigenvalue weighted by molar-refractivity contribution is -0.143. The van der Waals surface area contributed by atoms with Crippen LogP contribution < -0.4 is 5.32 Å². The maximum Gasteiger partial charge on any atom is 0.326 e. The number of hydrogen-bond acceptors (Lipinski definition) is 2. The maximum atomic E-state index is 11.5. The van der Waals surface area contributed by atoms with E-state index < -0.39 is 12.0 Å². The second-order valence-electron chi connectivity index (χ2n) is 5.73. The van der Waals surface area contributed by atoms with E-state index >= 15 is 0 Å². The van der Waals surface area contributed by atoms with E-state index in [1.807, 2.05) is 0 Å². The van der Waals surface area contributed by atoms with Gasteiger partial charge in [0.15, 0.2) is 0 Å². The fourth-order valence-electron chi connectivity index (χ4n) is 3.82. The lowest BCUT2D eigenvalue weighted by Gasteiger charge is -2.41. The van der Waals surface area contributed by atoms with Crippen molar-refractivity contribution >= 4 is 11.9 Å². The quantitative estimate of drug-likeness (QED) is 0.709. The molecule has 1 saturated carbocycles. The van der Waals surface area contributed by atoms with Crippen LogP contribution >= 0.6 is 0 Å². The summed E-state index contributed by atoms with van der Waals surface area (Å²) in [5.41, 5.74) is -0.333. The first-order valence-corrected chi connectivity index (χ1v) is 5.95. The zero-order valence-corrected chi connectivity index (χ0v) is 9.82. The molecule has 0 bridgehead atoms. The van der Waals surface area contributed by atoms with Gasteiger partial charge in [-0.05, 0) is 31.1 Å². The van der Waals surface area contributed by atoms with Crippen LogP contribution in [0.3, 0.4) is 0 Å². The maximum absolute atomic E-state index is 11.5. The summed E-state index contributed by atoms with van der Waals surface area (Å²) >= 11 is 0. The summed E-state index contributed by atoms with van der Waals surface area (Å²) in [5, 5.41) is 11.8. The highest BCUT2D eigenvalue weighted by molar-refractivity contribution is 5.89. The highest BCUT2D eigenvalue weighted by Crippen LogP contribution is 2.49. The third-order valence-corrected chi connectivity index (χ3v) is 3.99. The fourth-order valence-corrected chi connectivity index (χ4v) is 3.82. The summed E-state index contributed by atoms with van der Waals surface area (Å²) in [5.74, 6) is 0.0393. The van der Waals surface area contributed by atoms with E-state index in [0.29, 0.717) is 18.3 Å². The second kappa shape index (κ2) is 3.75. The Hall–Kier alpha value is -1.06.